The van der Waals surface area contributed by atoms with E-state index in [4.69, 9.17) is 4.74 Å². The monoisotopic (exact) mass is 309 g/mol. The molecule has 1 aromatic carbocycles. The summed E-state index contributed by atoms with van der Waals surface area (Å²) < 4.78 is 18.2. The number of hydrogen-bond donors (Lipinski definition) is 0. The maximum absolute atomic E-state index is 13.1. The summed E-state index contributed by atoms with van der Waals surface area (Å²) in [7, 11) is 5.21. The van der Waals surface area contributed by atoms with Gasteiger partial charge in [0.15, 0.2) is 0 Å². The van der Waals surface area contributed by atoms with Crippen LogP contribution in [0.25, 0.3) is 0 Å². The summed E-state index contributed by atoms with van der Waals surface area (Å²) in [5, 5.41) is 0. The minimum Gasteiger partial charge on any atom is -0.383 e. The van der Waals surface area contributed by atoms with Crippen LogP contribution >= 0.6 is 0 Å². The van der Waals surface area contributed by atoms with Gasteiger partial charge in [0, 0.05) is 53.1 Å². The van der Waals surface area contributed by atoms with Gasteiger partial charge in [-0.1, -0.05) is 0 Å². The zero-order valence-electron chi connectivity index (χ0n) is 13.5. The van der Waals surface area contributed by atoms with Crippen LogP contribution < -0.4 is 4.90 Å². The number of carbonyl (C=O) groups excluding carboxylic acids is 1. The predicted molar refractivity (Wildman–Crippen MR) is 84.5 cm³/mol. The minimum atomic E-state index is -0.247. The van der Waals surface area contributed by atoms with E-state index in [0.717, 1.165) is 25.3 Å². The highest BCUT2D eigenvalue weighted by atomic mass is 19.1. The van der Waals surface area contributed by atoms with Crippen LogP contribution in [0.15, 0.2) is 24.3 Å². The van der Waals surface area contributed by atoms with Crippen molar-refractivity contribution in [3.05, 3.63) is 30.1 Å². The van der Waals surface area contributed by atoms with Crippen LogP contribution in [0.4, 0.5) is 10.1 Å². The summed E-state index contributed by atoms with van der Waals surface area (Å²) in [6, 6.07) is 6.23. The summed E-state index contributed by atoms with van der Waals surface area (Å²) in [6.45, 7) is 3.54. The zero-order chi connectivity index (χ0) is 16.1. The number of methoxy groups -OCH3 is 1. The van der Waals surface area contributed by atoms with Gasteiger partial charge in [0.2, 0.25) is 5.91 Å². The van der Waals surface area contributed by atoms with Crippen LogP contribution in [-0.2, 0) is 9.53 Å². The quantitative estimate of drug-likeness (QED) is 0.815. The molecule has 0 aromatic heterocycles. The summed E-state index contributed by atoms with van der Waals surface area (Å²) >= 11 is 0. The fraction of sp³-hybridized carbons (Fsp3) is 0.562. The molecular formula is C16H24FN3O2. The largest absolute Gasteiger partial charge is 0.383 e. The van der Waals surface area contributed by atoms with Crippen molar-refractivity contribution in [2.24, 2.45) is 0 Å². The Morgan fingerprint density at radius 3 is 2.59 bits per heavy atom. The predicted octanol–water partition coefficient (Wildman–Crippen LogP) is 1.05. The van der Waals surface area contributed by atoms with Crippen LogP contribution in [0.3, 0.4) is 0 Å². The third-order valence-electron chi connectivity index (χ3n) is 3.99. The molecule has 22 heavy (non-hydrogen) atoms. The van der Waals surface area contributed by atoms with Crippen molar-refractivity contribution in [1.82, 2.24) is 9.80 Å². The first kappa shape index (κ1) is 16.7. The molecule has 2 rings (SSSR count). The molecule has 1 heterocycles. The van der Waals surface area contributed by atoms with Crippen molar-refractivity contribution >= 4 is 11.6 Å². The van der Waals surface area contributed by atoms with E-state index in [1.807, 2.05) is 0 Å². The molecule has 6 heteroatoms. The zero-order valence-corrected chi connectivity index (χ0v) is 13.5. The second-order valence-corrected chi connectivity index (χ2v) is 5.70. The Morgan fingerprint density at radius 1 is 1.32 bits per heavy atom. The number of ether oxygens (including phenoxy) is 1. The first-order valence-corrected chi connectivity index (χ1v) is 7.47. The Hall–Kier alpha value is -1.66. The van der Waals surface area contributed by atoms with Crippen LogP contribution in [-0.4, -0.2) is 75.7 Å². The lowest BCUT2D eigenvalue weighted by Crippen LogP contribution is -2.59. The molecule has 0 saturated carbocycles. The normalized spacial score (nSPS) is 19.3. The summed E-state index contributed by atoms with van der Waals surface area (Å²) in [6.07, 6.45) is 0. The number of anilines is 1. The topological polar surface area (TPSA) is 36.0 Å². The number of rotatable bonds is 5. The fourth-order valence-corrected chi connectivity index (χ4v) is 2.72. The van der Waals surface area contributed by atoms with Gasteiger partial charge in [0.05, 0.1) is 6.61 Å². The van der Waals surface area contributed by atoms with E-state index in [2.05, 4.69) is 9.80 Å². The van der Waals surface area contributed by atoms with Crippen LogP contribution in [0.5, 0.6) is 0 Å². The maximum Gasteiger partial charge on any atom is 0.241 e. The van der Waals surface area contributed by atoms with E-state index >= 15 is 0 Å². The van der Waals surface area contributed by atoms with E-state index in [1.54, 1.807) is 38.2 Å². The van der Waals surface area contributed by atoms with Gasteiger partial charge < -0.3 is 14.5 Å². The Bertz CT molecular complexity index is 493. The SMILES string of the molecule is COCCN1CCN(c2ccc(F)cc2)CC1C(=O)N(C)C. The first-order valence-electron chi connectivity index (χ1n) is 7.47. The lowest BCUT2D eigenvalue weighted by atomic mass is 10.1. The van der Waals surface area contributed by atoms with E-state index < -0.39 is 0 Å². The van der Waals surface area contributed by atoms with Gasteiger partial charge in [-0.25, -0.2) is 4.39 Å². The van der Waals surface area contributed by atoms with Gasteiger partial charge in [-0.3, -0.25) is 9.69 Å². The second-order valence-electron chi connectivity index (χ2n) is 5.70. The van der Waals surface area contributed by atoms with Crippen molar-refractivity contribution in [2.75, 3.05) is 58.9 Å². The Labute approximate surface area is 131 Å². The van der Waals surface area contributed by atoms with Crippen molar-refractivity contribution < 1.29 is 13.9 Å². The maximum atomic E-state index is 13.1. The van der Waals surface area contributed by atoms with E-state index in [0.29, 0.717) is 13.2 Å². The Balaban J connectivity index is 2.12. The Morgan fingerprint density at radius 2 is 2.00 bits per heavy atom. The van der Waals surface area contributed by atoms with Crippen molar-refractivity contribution in [3.8, 4) is 0 Å². The molecule has 0 spiro atoms. The lowest BCUT2D eigenvalue weighted by Gasteiger charge is -2.42. The molecule has 5 nitrogen and oxygen atoms in total. The van der Waals surface area contributed by atoms with E-state index in [1.165, 1.54) is 12.1 Å². The number of halogens is 1. The number of carbonyl (C=O) groups is 1. The average molecular weight is 309 g/mol. The molecule has 1 fully saturated rings. The Kier molecular flexibility index (Phi) is 5.74. The van der Waals surface area contributed by atoms with E-state index in [-0.39, 0.29) is 17.8 Å². The minimum absolute atomic E-state index is 0.0860. The molecule has 1 aromatic rings. The van der Waals surface area contributed by atoms with Crippen LogP contribution in [0, 0.1) is 5.82 Å². The highest BCUT2D eigenvalue weighted by Gasteiger charge is 2.33. The molecule has 0 N–H and O–H groups in total. The number of nitrogens with zero attached hydrogens (tertiary/aromatic N) is 3. The average Bonchev–Trinajstić information content (AvgIpc) is 2.52. The summed E-state index contributed by atoms with van der Waals surface area (Å²) in [5.41, 5.74) is 0.948. The van der Waals surface area contributed by atoms with E-state index in [9.17, 15) is 9.18 Å². The number of hydrogen-bond acceptors (Lipinski definition) is 4. The van der Waals surface area contributed by atoms with Gasteiger partial charge in [0.25, 0.3) is 0 Å². The molecule has 0 aliphatic carbocycles. The van der Waals surface area contributed by atoms with Crippen molar-refractivity contribution in [3.63, 3.8) is 0 Å². The second kappa shape index (κ2) is 7.56. The summed E-state index contributed by atoms with van der Waals surface area (Å²) in [5.74, 6) is -0.161. The number of benzene rings is 1. The number of piperazine rings is 1. The molecule has 0 bridgehead atoms. The van der Waals surface area contributed by atoms with Gasteiger partial charge in [-0.05, 0) is 24.3 Å². The highest BCUT2D eigenvalue weighted by molar-refractivity contribution is 5.82. The molecule has 122 valence electrons. The standard InChI is InChI=1S/C16H24FN3O2/c1-18(2)16(21)15-12-20(9-8-19(15)10-11-22-3)14-6-4-13(17)5-7-14/h4-7,15H,8-12H2,1-3H3. The fourth-order valence-electron chi connectivity index (χ4n) is 2.72. The molecule has 1 aliphatic heterocycles. The number of likely N-dealkylation sites (N-methyl/N-ethyl adjacent to an activating group) is 1. The third-order valence-corrected chi connectivity index (χ3v) is 3.99. The van der Waals surface area contributed by atoms with Gasteiger partial charge in [0.1, 0.15) is 11.9 Å². The van der Waals surface area contributed by atoms with Crippen molar-refractivity contribution in [2.45, 2.75) is 6.04 Å². The molecule has 1 saturated heterocycles. The lowest BCUT2D eigenvalue weighted by molar-refractivity contribution is -0.134. The molecule has 1 unspecified atom stereocenters. The molecule has 0 radical (unpaired) electrons. The highest BCUT2D eigenvalue weighted by Crippen LogP contribution is 2.20. The summed E-state index contributed by atoms with van der Waals surface area (Å²) in [4.78, 5) is 18.4. The van der Waals surface area contributed by atoms with Gasteiger partial charge >= 0.3 is 0 Å². The molecular weight excluding hydrogens is 285 g/mol. The smallest absolute Gasteiger partial charge is 0.241 e. The van der Waals surface area contributed by atoms with Crippen LogP contribution in [0.2, 0.25) is 0 Å². The van der Waals surface area contributed by atoms with Gasteiger partial charge in [-0.2, -0.15) is 0 Å². The van der Waals surface area contributed by atoms with Gasteiger partial charge in [-0.15, -0.1) is 0 Å². The van der Waals surface area contributed by atoms with Crippen LogP contribution in [0.1, 0.15) is 0 Å². The number of amides is 1. The first-order chi connectivity index (χ1) is 10.5. The third kappa shape index (κ3) is 3.96. The molecule has 1 aliphatic rings. The molecule has 1 amide bonds. The molecule has 1 atom stereocenters. The van der Waals surface area contributed by atoms with Crippen molar-refractivity contribution in [1.29, 1.82) is 0 Å².